The van der Waals surface area contributed by atoms with Gasteiger partial charge in [0.1, 0.15) is 22.3 Å². The maximum Gasteiger partial charge on any atom is 0.160 e. The quantitative estimate of drug-likeness (QED) is 0.187. The SMILES string of the molecule is c1ccc(-c2cc(-c3ccc(-c4ccc5c(c4)oc4ccccc45)c4oc5ccccc5c34)nc(-c3ccc(-c4ccncc4)cc3)n2)cc1. The van der Waals surface area contributed by atoms with Crippen LogP contribution in [0.4, 0.5) is 0 Å². The first-order valence-corrected chi connectivity index (χ1v) is 16.6. The van der Waals surface area contributed by atoms with Crippen molar-refractivity contribution in [2.45, 2.75) is 0 Å². The average Bonchev–Trinajstić information content (AvgIpc) is 3.77. The van der Waals surface area contributed by atoms with Crippen molar-refractivity contribution in [1.82, 2.24) is 15.0 Å². The maximum atomic E-state index is 6.68. The van der Waals surface area contributed by atoms with E-state index in [9.17, 15) is 0 Å². The number of furan rings is 2. The Hall–Kier alpha value is -6.85. The molecule has 0 radical (unpaired) electrons. The highest BCUT2D eigenvalue weighted by molar-refractivity contribution is 6.16. The first-order valence-electron chi connectivity index (χ1n) is 16.6. The Morgan fingerprint density at radius 2 is 1.00 bits per heavy atom. The Morgan fingerprint density at radius 3 is 1.82 bits per heavy atom. The van der Waals surface area contributed by atoms with E-state index in [0.717, 1.165) is 94.2 Å². The predicted molar refractivity (Wildman–Crippen MR) is 202 cm³/mol. The molecule has 0 fully saturated rings. The maximum absolute atomic E-state index is 6.68. The number of nitrogens with zero attached hydrogens (tertiary/aromatic N) is 3. The third-order valence-electron chi connectivity index (χ3n) is 9.44. The van der Waals surface area contributed by atoms with Crippen LogP contribution in [0.1, 0.15) is 0 Å². The minimum atomic E-state index is 0.656. The Labute approximate surface area is 287 Å². The minimum Gasteiger partial charge on any atom is -0.456 e. The smallest absolute Gasteiger partial charge is 0.160 e. The van der Waals surface area contributed by atoms with Gasteiger partial charge in [-0.3, -0.25) is 4.98 Å². The summed E-state index contributed by atoms with van der Waals surface area (Å²) < 4.78 is 12.9. The molecule has 0 atom stereocenters. The number of hydrogen-bond donors (Lipinski definition) is 0. The molecule has 4 heterocycles. The van der Waals surface area contributed by atoms with Gasteiger partial charge in [-0.05, 0) is 65.2 Å². The topological polar surface area (TPSA) is 65.0 Å². The van der Waals surface area contributed by atoms with Crippen LogP contribution in [0.2, 0.25) is 0 Å². The minimum absolute atomic E-state index is 0.656. The van der Waals surface area contributed by atoms with Crippen molar-refractivity contribution in [3.05, 3.63) is 164 Å². The highest BCUT2D eigenvalue weighted by Gasteiger charge is 2.20. The van der Waals surface area contributed by atoms with Gasteiger partial charge in [0, 0.05) is 56.2 Å². The molecule has 0 unspecified atom stereocenters. The molecule has 10 aromatic rings. The second kappa shape index (κ2) is 11.4. The summed E-state index contributed by atoms with van der Waals surface area (Å²) >= 11 is 0. The third-order valence-corrected chi connectivity index (χ3v) is 9.44. The van der Waals surface area contributed by atoms with Gasteiger partial charge in [0.05, 0.1) is 11.4 Å². The van der Waals surface area contributed by atoms with Crippen LogP contribution >= 0.6 is 0 Å². The molecule has 50 heavy (non-hydrogen) atoms. The molecule has 10 rings (SSSR count). The Bertz CT molecular complexity index is 2850. The molecule has 0 saturated heterocycles. The average molecular weight is 642 g/mol. The molecule has 4 aromatic heterocycles. The molecule has 5 nitrogen and oxygen atoms in total. The Balaban J connectivity index is 1.17. The van der Waals surface area contributed by atoms with Crippen molar-refractivity contribution in [3.8, 4) is 56.2 Å². The summed E-state index contributed by atoms with van der Waals surface area (Å²) in [5.74, 6) is 0.656. The molecule has 234 valence electrons. The second-order valence-electron chi connectivity index (χ2n) is 12.4. The van der Waals surface area contributed by atoms with Crippen LogP contribution in [0.15, 0.2) is 173 Å². The summed E-state index contributed by atoms with van der Waals surface area (Å²) in [6.07, 6.45) is 3.62. The molecule has 0 bridgehead atoms. The van der Waals surface area contributed by atoms with E-state index in [1.165, 1.54) is 0 Å². The van der Waals surface area contributed by atoms with Gasteiger partial charge >= 0.3 is 0 Å². The number of fused-ring (bicyclic) bond motifs is 6. The van der Waals surface area contributed by atoms with Gasteiger partial charge in [-0.25, -0.2) is 9.97 Å². The van der Waals surface area contributed by atoms with E-state index in [4.69, 9.17) is 18.8 Å². The molecule has 0 aliphatic heterocycles. The van der Waals surface area contributed by atoms with Crippen molar-refractivity contribution in [2.75, 3.05) is 0 Å². The van der Waals surface area contributed by atoms with E-state index in [-0.39, 0.29) is 0 Å². The van der Waals surface area contributed by atoms with Crippen LogP contribution in [0, 0.1) is 0 Å². The molecular weight excluding hydrogens is 615 g/mol. The summed E-state index contributed by atoms with van der Waals surface area (Å²) in [7, 11) is 0. The van der Waals surface area contributed by atoms with Crippen LogP contribution in [-0.4, -0.2) is 15.0 Å². The summed E-state index contributed by atoms with van der Waals surface area (Å²) in [5.41, 5.74) is 12.2. The summed E-state index contributed by atoms with van der Waals surface area (Å²) in [5, 5.41) is 4.25. The van der Waals surface area contributed by atoms with Gasteiger partial charge in [-0.1, -0.05) is 103 Å². The van der Waals surface area contributed by atoms with Gasteiger partial charge < -0.3 is 8.83 Å². The number of pyridine rings is 1. The standard InChI is InChI=1S/C45H27N3O2/c1-2-8-30(9-3-1)38-27-39(48-45(47-38)31-16-14-28(15-17-31)29-22-24-46-25-23-29)36-21-20-33(44-43(36)37-11-5-7-13-41(37)50-44)32-18-19-35-34-10-4-6-12-40(34)49-42(35)26-32/h1-27H. The molecule has 0 saturated carbocycles. The molecular formula is C45H27N3O2. The van der Waals surface area contributed by atoms with Crippen LogP contribution in [-0.2, 0) is 0 Å². The second-order valence-corrected chi connectivity index (χ2v) is 12.4. The lowest BCUT2D eigenvalue weighted by atomic mass is 9.95. The Morgan fingerprint density at radius 1 is 0.380 bits per heavy atom. The van der Waals surface area contributed by atoms with E-state index < -0.39 is 0 Å². The van der Waals surface area contributed by atoms with Gasteiger partial charge in [0.15, 0.2) is 5.82 Å². The molecule has 0 aliphatic carbocycles. The van der Waals surface area contributed by atoms with Crippen molar-refractivity contribution < 1.29 is 8.83 Å². The fourth-order valence-corrected chi connectivity index (χ4v) is 6.99. The first kappa shape index (κ1) is 28.2. The zero-order valence-corrected chi connectivity index (χ0v) is 26.7. The largest absolute Gasteiger partial charge is 0.456 e. The third kappa shape index (κ3) is 4.67. The number of hydrogen-bond acceptors (Lipinski definition) is 5. The molecule has 6 aromatic carbocycles. The summed E-state index contributed by atoms with van der Waals surface area (Å²) in [4.78, 5) is 14.5. The van der Waals surface area contributed by atoms with Crippen LogP contribution in [0.5, 0.6) is 0 Å². The van der Waals surface area contributed by atoms with Gasteiger partial charge in [-0.2, -0.15) is 0 Å². The monoisotopic (exact) mass is 641 g/mol. The normalized spacial score (nSPS) is 11.6. The van der Waals surface area contributed by atoms with Gasteiger partial charge in [-0.15, -0.1) is 0 Å². The predicted octanol–water partition coefficient (Wildman–Crippen LogP) is 12.0. The lowest BCUT2D eigenvalue weighted by molar-refractivity contribution is 0.668. The lowest BCUT2D eigenvalue weighted by Gasteiger charge is -2.12. The van der Waals surface area contributed by atoms with E-state index in [1.807, 2.05) is 73.1 Å². The van der Waals surface area contributed by atoms with Crippen LogP contribution in [0.25, 0.3) is 100 Å². The van der Waals surface area contributed by atoms with Crippen molar-refractivity contribution in [2.24, 2.45) is 0 Å². The fraction of sp³-hybridized carbons (Fsp3) is 0. The lowest BCUT2D eigenvalue weighted by Crippen LogP contribution is -1.96. The molecule has 0 aliphatic rings. The van der Waals surface area contributed by atoms with E-state index >= 15 is 0 Å². The van der Waals surface area contributed by atoms with E-state index in [1.54, 1.807) is 0 Å². The fourth-order valence-electron chi connectivity index (χ4n) is 6.99. The zero-order valence-electron chi connectivity index (χ0n) is 26.7. The number of para-hydroxylation sites is 2. The molecule has 0 spiro atoms. The van der Waals surface area contributed by atoms with E-state index in [0.29, 0.717) is 5.82 Å². The van der Waals surface area contributed by atoms with Gasteiger partial charge in [0.2, 0.25) is 0 Å². The van der Waals surface area contributed by atoms with E-state index in [2.05, 4.69) is 96.0 Å². The van der Waals surface area contributed by atoms with Crippen LogP contribution < -0.4 is 0 Å². The molecule has 0 amide bonds. The first-order chi connectivity index (χ1) is 24.8. The van der Waals surface area contributed by atoms with Crippen LogP contribution in [0.3, 0.4) is 0 Å². The highest BCUT2D eigenvalue weighted by Crippen LogP contribution is 2.43. The van der Waals surface area contributed by atoms with Gasteiger partial charge in [0.25, 0.3) is 0 Å². The number of benzene rings is 6. The van der Waals surface area contributed by atoms with Crippen molar-refractivity contribution >= 4 is 43.9 Å². The summed E-state index contributed by atoms with van der Waals surface area (Å²) in [6.45, 7) is 0. The highest BCUT2D eigenvalue weighted by atomic mass is 16.3. The summed E-state index contributed by atoms with van der Waals surface area (Å²) in [6, 6.07) is 51.8. The molecule has 5 heteroatoms. The Kier molecular flexibility index (Phi) is 6.42. The number of rotatable bonds is 5. The van der Waals surface area contributed by atoms with Crippen molar-refractivity contribution in [1.29, 1.82) is 0 Å². The number of aromatic nitrogens is 3. The molecule has 0 N–H and O–H groups in total. The van der Waals surface area contributed by atoms with Crippen molar-refractivity contribution in [3.63, 3.8) is 0 Å². The zero-order chi connectivity index (χ0) is 33.0.